The molecule has 0 saturated carbocycles. The molecule has 1 aliphatic rings. The van der Waals surface area contributed by atoms with E-state index in [0.29, 0.717) is 45.2 Å². The lowest BCUT2D eigenvalue weighted by molar-refractivity contribution is 0.232. The van der Waals surface area contributed by atoms with Crippen LogP contribution in [0.25, 0.3) is 28.0 Å². The summed E-state index contributed by atoms with van der Waals surface area (Å²) in [4.78, 5) is 30.3. The van der Waals surface area contributed by atoms with E-state index in [9.17, 15) is 10.1 Å². The molecule has 8 heteroatoms. The summed E-state index contributed by atoms with van der Waals surface area (Å²) < 4.78 is 0. The van der Waals surface area contributed by atoms with Crippen LogP contribution >= 0.6 is 0 Å². The third-order valence-electron chi connectivity index (χ3n) is 6.31. The summed E-state index contributed by atoms with van der Waals surface area (Å²) >= 11 is 0. The van der Waals surface area contributed by atoms with Gasteiger partial charge in [-0.25, -0.2) is 14.8 Å². The number of hydrogen-bond acceptors (Lipinski definition) is 6. The Balaban J connectivity index is 1.73. The molecule has 4 aromatic rings. The number of rotatable bonds is 3. The Labute approximate surface area is 203 Å². The minimum Gasteiger partial charge on any atom is -0.384 e. The maximum Gasteiger partial charge on any atom is 0.333 e. The number of pyridine rings is 3. The Morgan fingerprint density at radius 2 is 1.77 bits per heavy atom. The molecule has 0 atom stereocenters. The minimum atomic E-state index is -0.645. The van der Waals surface area contributed by atoms with Gasteiger partial charge in [-0.2, -0.15) is 5.26 Å². The molecule has 2 amide bonds. The van der Waals surface area contributed by atoms with E-state index in [0.717, 1.165) is 11.1 Å². The predicted octanol–water partition coefficient (Wildman–Crippen LogP) is 5.25. The summed E-state index contributed by atoms with van der Waals surface area (Å²) in [7, 11) is 1.68. The molecule has 4 heterocycles. The second-order valence-electron chi connectivity index (χ2n) is 8.96. The Kier molecular flexibility index (Phi) is 4.99. The number of carbonyl (C=O) groups excluding carboxylic acids is 1. The van der Waals surface area contributed by atoms with Crippen molar-refractivity contribution in [3.8, 4) is 17.3 Å². The highest BCUT2D eigenvalue weighted by atomic mass is 16.2. The van der Waals surface area contributed by atoms with Crippen molar-refractivity contribution in [2.45, 2.75) is 19.3 Å². The fraction of sp³-hybridized carbons (Fsp3) is 0.148. The molecular formula is C27H23N7O. The predicted molar refractivity (Wildman–Crippen MR) is 137 cm³/mol. The molecule has 8 nitrogen and oxygen atoms in total. The summed E-state index contributed by atoms with van der Waals surface area (Å²) in [5.41, 5.74) is 11.2. The average molecular weight is 462 g/mol. The highest BCUT2D eigenvalue weighted by molar-refractivity contribution is 6.14. The van der Waals surface area contributed by atoms with Gasteiger partial charge in [0.1, 0.15) is 11.3 Å². The number of nitrogens with two attached hydrogens (primary N) is 1. The van der Waals surface area contributed by atoms with Gasteiger partial charge in [-0.05, 0) is 55.8 Å². The zero-order valence-corrected chi connectivity index (χ0v) is 19.6. The molecule has 0 bridgehead atoms. The Bertz CT molecular complexity index is 1530. The number of aromatic nitrogens is 3. The Hall–Kier alpha value is -4.77. The van der Waals surface area contributed by atoms with Crippen LogP contribution in [0.15, 0.2) is 67.5 Å². The molecule has 0 radical (unpaired) electrons. The van der Waals surface area contributed by atoms with Gasteiger partial charge >= 0.3 is 6.03 Å². The van der Waals surface area contributed by atoms with Gasteiger partial charge in [0.25, 0.3) is 0 Å². The van der Waals surface area contributed by atoms with E-state index in [2.05, 4.69) is 22.6 Å². The quantitative estimate of drug-likeness (QED) is 0.446. The largest absolute Gasteiger partial charge is 0.384 e. The Morgan fingerprint density at radius 1 is 1.03 bits per heavy atom. The first-order chi connectivity index (χ1) is 16.7. The molecule has 35 heavy (non-hydrogen) atoms. The van der Waals surface area contributed by atoms with Gasteiger partial charge in [-0.1, -0.05) is 18.7 Å². The smallest absolute Gasteiger partial charge is 0.333 e. The molecule has 0 spiro atoms. The highest BCUT2D eigenvalue weighted by Crippen LogP contribution is 2.43. The summed E-state index contributed by atoms with van der Waals surface area (Å²) in [5.74, 6) is 0.424. The van der Waals surface area contributed by atoms with Gasteiger partial charge in [-0.3, -0.25) is 14.8 Å². The number of amides is 2. The van der Waals surface area contributed by atoms with Crippen LogP contribution in [0.4, 0.5) is 22.0 Å². The number of nitrogens with zero attached hydrogens (tertiary/aromatic N) is 6. The fourth-order valence-corrected chi connectivity index (χ4v) is 4.08. The van der Waals surface area contributed by atoms with Gasteiger partial charge in [-0.15, -0.1) is 0 Å². The van der Waals surface area contributed by atoms with Crippen LogP contribution in [-0.4, -0.2) is 32.9 Å². The molecular weight excluding hydrogens is 438 g/mol. The number of anilines is 3. The molecule has 172 valence electrons. The fourth-order valence-electron chi connectivity index (χ4n) is 4.08. The molecule has 1 aliphatic heterocycles. The first-order valence-electron chi connectivity index (χ1n) is 11.0. The number of fused-ring (bicyclic) bond motifs is 3. The SMILES string of the molecule is C=C1c2cnc3ccc(-c4ccc(N)nc4)nc3c2N(c2ccc(C(C)(C)C#N)cc2)C(=O)N1C. The van der Waals surface area contributed by atoms with Crippen molar-refractivity contribution in [2.75, 3.05) is 17.7 Å². The van der Waals surface area contributed by atoms with Gasteiger partial charge in [0.05, 0.1) is 34.1 Å². The number of nitriles is 1. The third-order valence-corrected chi connectivity index (χ3v) is 6.31. The third kappa shape index (κ3) is 3.54. The van der Waals surface area contributed by atoms with Crippen molar-refractivity contribution in [3.63, 3.8) is 0 Å². The number of urea groups is 1. The van der Waals surface area contributed by atoms with Crippen LogP contribution in [0.3, 0.4) is 0 Å². The maximum absolute atomic E-state index is 13.5. The normalized spacial score (nSPS) is 13.7. The average Bonchev–Trinajstić information content (AvgIpc) is 2.87. The number of hydrogen-bond donors (Lipinski definition) is 1. The standard InChI is InChI=1S/C27H23N7O/c1-16-20-14-30-22-11-10-21(17-5-12-23(29)31-13-17)32-24(22)25(20)34(26(35)33(16)4)19-8-6-18(7-9-19)27(2,3)15-28/h5-14H,1H2,2-4H3,(H2,29,31). The van der Waals surface area contributed by atoms with Crippen LogP contribution in [0.1, 0.15) is 25.0 Å². The van der Waals surface area contributed by atoms with Crippen LogP contribution in [0.5, 0.6) is 0 Å². The van der Waals surface area contributed by atoms with Crippen molar-refractivity contribution in [1.29, 1.82) is 5.26 Å². The number of carbonyl (C=O) groups is 1. The van der Waals surface area contributed by atoms with Crippen molar-refractivity contribution in [2.24, 2.45) is 0 Å². The molecule has 3 aromatic heterocycles. The lowest BCUT2D eigenvalue weighted by Gasteiger charge is -2.36. The van der Waals surface area contributed by atoms with Crippen LogP contribution in [0, 0.1) is 11.3 Å². The van der Waals surface area contributed by atoms with E-state index in [4.69, 9.17) is 10.7 Å². The summed E-state index contributed by atoms with van der Waals surface area (Å²) in [6.07, 6.45) is 3.38. The van der Waals surface area contributed by atoms with E-state index in [-0.39, 0.29) is 6.03 Å². The van der Waals surface area contributed by atoms with Crippen LogP contribution in [-0.2, 0) is 5.41 Å². The zero-order chi connectivity index (χ0) is 24.9. The van der Waals surface area contributed by atoms with Gasteiger partial charge in [0, 0.05) is 36.3 Å². The van der Waals surface area contributed by atoms with E-state index >= 15 is 0 Å². The second-order valence-corrected chi connectivity index (χ2v) is 8.96. The van der Waals surface area contributed by atoms with Crippen LogP contribution in [0.2, 0.25) is 0 Å². The summed E-state index contributed by atoms with van der Waals surface area (Å²) in [6.45, 7) is 7.84. The Morgan fingerprint density at radius 3 is 2.43 bits per heavy atom. The molecule has 2 N–H and O–H groups in total. The molecule has 0 unspecified atom stereocenters. The minimum absolute atomic E-state index is 0.261. The molecule has 1 aromatic carbocycles. The number of nitrogen functional groups attached to an aromatic ring is 1. The summed E-state index contributed by atoms with van der Waals surface area (Å²) in [6, 6.07) is 16.8. The molecule has 0 saturated heterocycles. The van der Waals surface area contributed by atoms with Gasteiger partial charge in [0.15, 0.2) is 0 Å². The lowest BCUT2D eigenvalue weighted by Crippen LogP contribution is -2.41. The zero-order valence-electron chi connectivity index (χ0n) is 19.6. The molecule has 5 rings (SSSR count). The van der Waals surface area contributed by atoms with Crippen molar-refractivity contribution in [3.05, 3.63) is 78.6 Å². The topological polar surface area (TPSA) is 112 Å². The van der Waals surface area contributed by atoms with Gasteiger partial charge < -0.3 is 5.73 Å². The molecule has 0 aliphatic carbocycles. The van der Waals surface area contributed by atoms with Crippen molar-refractivity contribution >= 4 is 40.0 Å². The van der Waals surface area contributed by atoms with E-state index in [1.165, 1.54) is 4.90 Å². The maximum atomic E-state index is 13.5. The van der Waals surface area contributed by atoms with Crippen molar-refractivity contribution < 1.29 is 4.79 Å². The van der Waals surface area contributed by atoms with E-state index < -0.39 is 5.41 Å². The summed E-state index contributed by atoms with van der Waals surface area (Å²) in [5, 5.41) is 9.50. The first kappa shape index (κ1) is 22.0. The molecule has 0 fully saturated rings. The van der Waals surface area contributed by atoms with E-state index in [1.54, 1.807) is 30.4 Å². The van der Waals surface area contributed by atoms with Crippen LogP contribution < -0.4 is 10.6 Å². The lowest BCUT2D eigenvalue weighted by atomic mass is 9.86. The second kappa shape index (κ2) is 7.92. The number of benzene rings is 1. The highest BCUT2D eigenvalue weighted by Gasteiger charge is 2.35. The first-order valence-corrected chi connectivity index (χ1v) is 11.0. The van der Waals surface area contributed by atoms with E-state index in [1.807, 2.05) is 56.3 Å². The van der Waals surface area contributed by atoms with Gasteiger partial charge in [0.2, 0.25) is 0 Å². The monoisotopic (exact) mass is 461 g/mol. The van der Waals surface area contributed by atoms with Crippen molar-refractivity contribution in [1.82, 2.24) is 19.9 Å².